The lowest BCUT2D eigenvalue weighted by Crippen LogP contribution is -2.53. The third-order valence-electron chi connectivity index (χ3n) is 5.25. The number of hydrogen-bond acceptors (Lipinski definition) is 4. The Bertz CT molecular complexity index is 484. The van der Waals surface area contributed by atoms with Crippen LogP contribution in [0.25, 0.3) is 0 Å². The molecule has 0 spiro atoms. The van der Waals surface area contributed by atoms with E-state index in [0.717, 1.165) is 13.2 Å². The van der Waals surface area contributed by atoms with Crippen molar-refractivity contribution in [1.29, 1.82) is 0 Å². The highest BCUT2D eigenvalue weighted by atomic mass is 16.5. The quantitative estimate of drug-likeness (QED) is 0.658. The summed E-state index contributed by atoms with van der Waals surface area (Å²) < 4.78 is 11.0. The van der Waals surface area contributed by atoms with E-state index in [1.165, 1.54) is 0 Å². The van der Waals surface area contributed by atoms with Crippen molar-refractivity contribution in [3.8, 4) is 0 Å². The second-order valence-corrected chi connectivity index (χ2v) is 6.39. The first-order chi connectivity index (χ1) is 10.2. The maximum absolute atomic E-state index is 12.6. The van der Waals surface area contributed by atoms with Crippen molar-refractivity contribution in [3.63, 3.8) is 0 Å². The van der Waals surface area contributed by atoms with E-state index in [-0.39, 0.29) is 36.5 Å². The monoisotopic (exact) mass is 292 g/mol. The number of amides is 2. The van der Waals surface area contributed by atoms with Crippen molar-refractivity contribution in [3.05, 3.63) is 12.7 Å². The van der Waals surface area contributed by atoms with E-state index in [4.69, 9.17) is 9.47 Å². The predicted molar refractivity (Wildman–Crippen MR) is 73.3 cm³/mol. The van der Waals surface area contributed by atoms with Gasteiger partial charge in [-0.05, 0) is 11.8 Å². The molecule has 6 nitrogen and oxygen atoms in total. The van der Waals surface area contributed by atoms with Crippen molar-refractivity contribution in [2.45, 2.75) is 12.1 Å². The molecule has 0 radical (unpaired) electrons. The Morgan fingerprint density at radius 1 is 1.33 bits per heavy atom. The minimum absolute atomic E-state index is 0.0119. The summed E-state index contributed by atoms with van der Waals surface area (Å²) in [6, 6.07) is -0.0250. The molecule has 3 saturated heterocycles. The van der Waals surface area contributed by atoms with E-state index < -0.39 is 0 Å². The number of hydrogen-bond donors (Lipinski definition) is 0. The smallest absolute Gasteiger partial charge is 0.249 e. The molecule has 4 rings (SSSR count). The fourth-order valence-corrected chi connectivity index (χ4v) is 4.04. The number of likely N-dealkylation sites (tertiary alicyclic amines) is 1. The lowest BCUT2D eigenvalue weighted by atomic mass is 10.1. The lowest BCUT2D eigenvalue weighted by Gasteiger charge is -2.35. The fraction of sp³-hybridized carbons (Fsp3) is 0.733. The third kappa shape index (κ3) is 2.00. The Balaban J connectivity index is 1.44. The SMILES string of the molecule is C=CCN1C(=O)CO[C@@H]2CN(C(=O)C3[C@H]4COC[C@@H]34)C[C@H]21. The molecular formula is C15H20N2O4. The van der Waals surface area contributed by atoms with Crippen LogP contribution in [0.2, 0.25) is 0 Å². The van der Waals surface area contributed by atoms with Gasteiger partial charge in [-0.3, -0.25) is 9.59 Å². The molecule has 1 unspecified atom stereocenters. The van der Waals surface area contributed by atoms with Crippen LogP contribution >= 0.6 is 0 Å². The Morgan fingerprint density at radius 3 is 2.81 bits per heavy atom. The Kier molecular flexibility index (Phi) is 3.04. The molecule has 4 aliphatic rings. The third-order valence-corrected chi connectivity index (χ3v) is 5.25. The van der Waals surface area contributed by atoms with Crippen molar-refractivity contribution in [2.24, 2.45) is 17.8 Å². The maximum atomic E-state index is 12.6. The van der Waals surface area contributed by atoms with Crippen LogP contribution in [0.1, 0.15) is 0 Å². The topological polar surface area (TPSA) is 59.1 Å². The van der Waals surface area contributed by atoms with Crippen LogP contribution in [-0.2, 0) is 19.1 Å². The molecule has 0 aromatic rings. The van der Waals surface area contributed by atoms with Crippen molar-refractivity contribution >= 4 is 11.8 Å². The van der Waals surface area contributed by atoms with Gasteiger partial charge in [-0.15, -0.1) is 6.58 Å². The average molecular weight is 292 g/mol. The summed E-state index contributed by atoms with van der Waals surface area (Å²) in [7, 11) is 0. The molecule has 1 saturated carbocycles. The molecule has 3 heterocycles. The van der Waals surface area contributed by atoms with Gasteiger partial charge in [-0.25, -0.2) is 0 Å². The van der Waals surface area contributed by atoms with Gasteiger partial charge in [-0.1, -0.05) is 6.08 Å². The molecule has 0 bridgehead atoms. The highest BCUT2D eigenvalue weighted by Gasteiger charge is 2.60. The standard InChI is InChI=1S/C15H20N2O4/c1-2-3-17-11-4-16(5-12(11)21-8-13(17)18)15(19)14-9-6-20-7-10(9)14/h2,9-12,14H,1,3-8H2/t9-,10+,11-,12-,14?/m1/s1. The second-order valence-electron chi connectivity index (χ2n) is 6.39. The van der Waals surface area contributed by atoms with Crippen LogP contribution in [0.4, 0.5) is 0 Å². The van der Waals surface area contributed by atoms with E-state index in [0.29, 0.717) is 31.5 Å². The molecule has 0 N–H and O–H groups in total. The molecule has 6 heteroatoms. The van der Waals surface area contributed by atoms with Crippen molar-refractivity contribution in [2.75, 3.05) is 39.5 Å². The second kappa shape index (κ2) is 4.81. The maximum Gasteiger partial charge on any atom is 0.249 e. The minimum Gasteiger partial charge on any atom is -0.381 e. The van der Waals surface area contributed by atoms with Crippen molar-refractivity contribution in [1.82, 2.24) is 9.80 Å². The molecule has 4 fully saturated rings. The summed E-state index contributed by atoms with van der Waals surface area (Å²) in [5.41, 5.74) is 0. The highest BCUT2D eigenvalue weighted by molar-refractivity contribution is 5.84. The molecule has 2 amide bonds. The highest BCUT2D eigenvalue weighted by Crippen LogP contribution is 2.51. The molecular weight excluding hydrogens is 272 g/mol. The van der Waals surface area contributed by atoms with Gasteiger partial charge in [-0.2, -0.15) is 0 Å². The van der Waals surface area contributed by atoms with Gasteiger partial charge in [0.1, 0.15) is 6.61 Å². The van der Waals surface area contributed by atoms with E-state index in [1.807, 2.05) is 4.90 Å². The van der Waals surface area contributed by atoms with Gasteiger partial charge in [0.2, 0.25) is 11.8 Å². The van der Waals surface area contributed by atoms with Gasteiger partial charge in [0.15, 0.2) is 0 Å². The number of rotatable bonds is 3. The summed E-state index contributed by atoms with van der Waals surface area (Å²) in [5, 5.41) is 0. The molecule has 114 valence electrons. The van der Waals surface area contributed by atoms with Gasteiger partial charge in [0, 0.05) is 25.6 Å². The summed E-state index contributed by atoms with van der Waals surface area (Å²) in [6.07, 6.45) is 1.68. The summed E-state index contributed by atoms with van der Waals surface area (Å²) in [6.45, 7) is 6.96. The number of carbonyl (C=O) groups excluding carboxylic acids is 2. The van der Waals surface area contributed by atoms with Crippen LogP contribution in [0.5, 0.6) is 0 Å². The summed E-state index contributed by atoms with van der Waals surface area (Å²) >= 11 is 0. The Morgan fingerprint density at radius 2 is 2.10 bits per heavy atom. The minimum atomic E-state index is -0.0542. The summed E-state index contributed by atoms with van der Waals surface area (Å²) in [5.74, 6) is 1.20. The Hall–Kier alpha value is -1.40. The molecule has 21 heavy (non-hydrogen) atoms. The van der Waals surface area contributed by atoms with E-state index in [9.17, 15) is 9.59 Å². The van der Waals surface area contributed by atoms with E-state index in [1.54, 1.807) is 11.0 Å². The van der Waals surface area contributed by atoms with Crippen LogP contribution in [0.15, 0.2) is 12.7 Å². The molecule has 3 aliphatic heterocycles. The molecule has 0 aromatic heterocycles. The van der Waals surface area contributed by atoms with Gasteiger partial charge in [0.05, 0.1) is 25.4 Å². The predicted octanol–water partition coefficient (Wildman–Crippen LogP) is -0.497. The molecule has 5 atom stereocenters. The van der Waals surface area contributed by atoms with Crippen molar-refractivity contribution < 1.29 is 19.1 Å². The first-order valence-electron chi connectivity index (χ1n) is 7.59. The molecule has 1 aliphatic carbocycles. The van der Waals surface area contributed by atoms with Gasteiger partial charge < -0.3 is 19.3 Å². The normalized spacial score (nSPS) is 41.0. The first-order valence-corrected chi connectivity index (χ1v) is 7.59. The van der Waals surface area contributed by atoms with Gasteiger partial charge in [0.25, 0.3) is 0 Å². The fourth-order valence-electron chi connectivity index (χ4n) is 4.04. The number of ether oxygens (including phenoxy) is 2. The average Bonchev–Trinajstić information content (AvgIpc) is 2.86. The number of fused-ring (bicyclic) bond motifs is 2. The van der Waals surface area contributed by atoms with E-state index >= 15 is 0 Å². The number of nitrogens with zero attached hydrogens (tertiary/aromatic N) is 2. The number of morpholine rings is 1. The van der Waals surface area contributed by atoms with Crippen LogP contribution in [0.3, 0.4) is 0 Å². The lowest BCUT2D eigenvalue weighted by molar-refractivity contribution is -0.151. The van der Waals surface area contributed by atoms with E-state index in [2.05, 4.69) is 6.58 Å². The Labute approximate surface area is 123 Å². The molecule has 0 aromatic carbocycles. The zero-order valence-corrected chi connectivity index (χ0v) is 11.9. The zero-order chi connectivity index (χ0) is 14.6. The van der Waals surface area contributed by atoms with Gasteiger partial charge >= 0.3 is 0 Å². The zero-order valence-electron chi connectivity index (χ0n) is 11.9. The van der Waals surface area contributed by atoms with Crippen LogP contribution < -0.4 is 0 Å². The largest absolute Gasteiger partial charge is 0.381 e. The first kappa shape index (κ1) is 13.3. The van der Waals surface area contributed by atoms with Crippen LogP contribution in [0, 0.1) is 17.8 Å². The number of carbonyl (C=O) groups is 2. The summed E-state index contributed by atoms with van der Waals surface area (Å²) in [4.78, 5) is 28.2. The van der Waals surface area contributed by atoms with Crippen LogP contribution in [-0.4, -0.2) is 73.2 Å².